The van der Waals surface area contributed by atoms with E-state index in [1.807, 2.05) is 30.5 Å². The summed E-state index contributed by atoms with van der Waals surface area (Å²) in [6.45, 7) is 6.06. The van der Waals surface area contributed by atoms with Crippen molar-refractivity contribution in [3.05, 3.63) is 59.1 Å². The number of hydrogen-bond donors (Lipinski definition) is 2. The molecule has 0 aliphatic rings. The van der Waals surface area contributed by atoms with Gasteiger partial charge in [0.2, 0.25) is 5.91 Å². The van der Waals surface area contributed by atoms with Gasteiger partial charge in [0.15, 0.2) is 0 Å². The van der Waals surface area contributed by atoms with Gasteiger partial charge in [-0.05, 0) is 68.7 Å². The Bertz CT molecular complexity index is 810. The number of carbonyl (C=O) groups excluding carboxylic acids is 2. The Kier molecular flexibility index (Phi) is 9.35. The summed E-state index contributed by atoms with van der Waals surface area (Å²) in [4.78, 5) is 27.6. The van der Waals surface area contributed by atoms with Crippen LogP contribution in [0.25, 0.3) is 0 Å². The summed E-state index contributed by atoms with van der Waals surface area (Å²) in [7, 11) is 0. The number of thioether (sulfide) groups is 1. The van der Waals surface area contributed by atoms with E-state index in [1.54, 1.807) is 36.0 Å². The van der Waals surface area contributed by atoms with Gasteiger partial charge in [0.05, 0.1) is 10.6 Å². The molecule has 0 fully saturated rings. The molecule has 1 atom stereocenters. The second kappa shape index (κ2) is 11.7. The summed E-state index contributed by atoms with van der Waals surface area (Å²) >= 11 is 7.74. The second-order valence-corrected chi connectivity index (χ2v) is 7.89. The smallest absolute Gasteiger partial charge is 0.253 e. The molecule has 2 amide bonds. The monoisotopic (exact) mass is 433 g/mol. The summed E-state index contributed by atoms with van der Waals surface area (Å²) in [5, 5.41) is 6.09. The summed E-state index contributed by atoms with van der Waals surface area (Å²) in [5.41, 5.74) is 2.17. The molecule has 0 heterocycles. The summed E-state index contributed by atoms with van der Waals surface area (Å²) in [6, 6.07) is 13.9. The predicted molar refractivity (Wildman–Crippen MR) is 124 cm³/mol. The summed E-state index contributed by atoms with van der Waals surface area (Å²) in [6.07, 6.45) is 2.50. The van der Waals surface area contributed by atoms with E-state index in [9.17, 15) is 9.59 Å². The minimum absolute atomic E-state index is 0.241. The van der Waals surface area contributed by atoms with E-state index in [1.165, 1.54) is 0 Å². The number of carbonyl (C=O) groups is 2. The molecule has 2 aromatic carbocycles. The number of amides is 2. The maximum Gasteiger partial charge on any atom is 0.253 e. The molecular formula is C22H28ClN3O2S. The van der Waals surface area contributed by atoms with Crippen LogP contribution in [0.3, 0.4) is 0 Å². The molecule has 0 spiro atoms. The van der Waals surface area contributed by atoms with Crippen molar-refractivity contribution >= 4 is 46.6 Å². The zero-order valence-electron chi connectivity index (χ0n) is 17.1. The third-order valence-electron chi connectivity index (χ3n) is 4.61. The molecule has 0 aromatic heterocycles. The highest BCUT2D eigenvalue weighted by Crippen LogP contribution is 2.19. The van der Waals surface area contributed by atoms with Crippen LogP contribution in [0.2, 0.25) is 5.02 Å². The van der Waals surface area contributed by atoms with Crippen molar-refractivity contribution in [3.63, 3.8) is 0 Å². The van der Waals surface area contributed by atoms with E-state index in [2.05, 4.69) is 29.4 Å². The van der Waals surface area contributed by atoms with E-state index in [4.69, 9.17) is 11.6 Å². The topological polar surface area (TPSA) is 61.4 Å². The molecule has 0 saturated carbocycles. The highest BCUT2D eigenvalue weighted by atomic mass is 35.5. The lowest BCUT2D eigenvalue weighted by Crippen LogP contribution is -2.44. The molecule has 0 bridgehead atoms. The zero-order valence-corrected chi connectivity index (χ0v) is 18.6. The first-order valence-electron chi connectivity index (χ1n) is 9.70. The minimum atomic E-state index is -0.645. The van der Waals surface area contributed by atoms with E-state index in [0.717, 1.165) is 24.5 Å². The van der Waals surface area contributed by atoms with Crippen LogP contribution < -0.4 is 15.5 Å². The van der Waals surface area contributed by atoms with Crippen molar-refractivity contribution < 1.29 is 9.59 Å². The predicted octanol–water partition coefficient (Wildman–Crippen LogP) is 4.68. The molecule has 0 aliphatic carbocycles. The molecule has 156 valence electrons. The largest absolute Gasteiger partial charge is 0.372 e. The number of nitrogens with one attached hydrogen (secondary N) is 2. The lowest BCUT2D eigenvalue weighted by Gasteiger charge is -2.22. The fourth-order valence-corrected chi connectivity index (χ4v) is 3.65. The zero-order chi connectivity index (χ0) is 21.2. The molecule has 0 saturated heterocycles. The highest BCUT2D eigenvalue weighted by Gasteiger charge is 2.22. The first-order valence-corrected chi connectivity index (χ1v) is 11.5. The van der Waals surface area contributed by atoms with Crippen molar-refractivity contribution in [2.45, 2.75) is 26.3 Å². The number of benzene rings is 2. The summed E-state index contributed by atoms with van der Waals surface area (Å²) < 4.78 is 0. The molecule has 1 unspecified atom stereocenters. The molecule has 2 rings (SSSR count). The summed E-state index contributed by atoms with van der Waals surface area (Å²) in [5.74, 6) is 0.158. The van der Waals surface area contributed by atoms with Crippen molar-refractivity contribution in [1.82, 2.24) is 5.32 Å². The fourth-order valence-electron chi connectivity index (χ4n) is 2.96. The van der Waals surface area contributed by atoms with Gasteiger partial charge in [-0.25, -0.2) is 0 Å². The first-order chi connectivity index (χ1) is 14.0. The van der Waals surface area contributed by atoms with E-state index >= 15 is 0 Å². The van der Waals surface area contributed by atoms with Gasteiger partial charge in [0.25, 0.3) is 5.91 Å². The van der Waals surface area contributed by atoms with Crippen LogP contribution in [0, 0.1) is 0 Å². The second-order valence-electron chi connectivity index (χ2n) is 6.50. The molecule has 0 aliphatic heterocycles. The Morgan fingerprint density at radius 2 is 1.72 bits per heavy atom. The van der Waals surface area contributed by atoms with Gasteiger partial charge < -0.3 is 15.5 Å². The number of hydrogen-bond acceptors (Lipinski definition) is 4. The van der Waals surface area contributed by atoms with Crippen LogP contribution >= 0.6 is 23.4 Å². The van der Waals surface area contributed by atoms with Crippen LogP contribution in [0.15, 0.2) is 48.5 Å². The maximum atomic E-state index is 12.8. The number of anilines is 2. The number of rotatable bonds is 10. The minimum Gasteiger partial charge on any atom is -0.372 e. The van der Waals surface area contributed by atoms with E-state index in [0.29, 0.717) is 22.7 Å². The van der Waals surface area contributed by atoms with Gasteiger partial charge in [-0.2, -0.15) is 11.8 Å². The molecule has 0 radical (unpaired) electrons. The Hall–Kier alpha value is -2.18. The Balaban J connectivity index is 2.08. The van der Waals surface area contributed by atoms with Gasteiger partial charge in [-0.15, -0.1) is 0 Å². The Labute approximate surface area is 182 Å². The van der Waals surface area contributed by atoms with E-state index in [-0.39, 0.29) is 11.8 Å². The van der Waals surface area contributed by atoms with Gasteiger partial charge in [-0.3, -0.25) is 9.59 Å². The van der Waals surface area contributed by atoms with Crippen LogP contribution in [0.4, 0.5) is 11.4 Å². The van der Waals surface area contributed by atoms with Crippen molar-refractivity contribution in [1.29, 1.82) is 0 Å². The molecule has 5 nitrogen and oxygen atoms in total. The third-order valence-corrected chi connectivity index (χ3v) is 5.59. The van der Waals surface area contributed by atoms with Crippen LogP contribution in [0.1, 0.15) is 30.6 Å². The average molecular weight is 434 g/mol. The molecule has 2 N–H and O–H groups in total. The normalized spacial score (nSPS) is 11.6. The van der Waals surface area contributed by atoms with Crippen LogP contribution in [0.5, 0.6) is 0 Å². The maximum absolute atomic E-state index is 12.8. The van der Waals surface area contributed by atoms with E-state index < -0.39 is 6.04 Å². The lowest BCUT2D eigenvalue weighted by atomic mass is 10.1. The van der Waals surface area contributed by atoms with Crippen molar-refractivity contribution in [3.8, 4) is 0 Å². The number of halogens is 1. The van der Waals surface area contributed by atoms with Crippen molar-refractivity contribution in [2.75, 3.05) is 35.3 Å². The van der Waals surface area contributed by atoms with Crippen molar-refractivity contribution in [2.24, 2.45) is 0 Å². The molecular weight excluding hydrogens is 406 g/mol. The van der Waals surface area contributed by atoms with Crippen LogP contribution in [-0.2, 0) is 4.79 Å². The fraction of sp³-hybridized carbons (Fsp3) is 0.364. The number of nitrogens with zero attached hydrogens (tertiary/aromatic N) is 1. The highest BCUT2D eigenvalue weighted by molar-refractivity contribution is 7.98. The van der Waals surface area contributed by atoms with Crippen LogP contribution in [-0.4, -0.2) is 43.0 Å². The molecule has 2 aromatic rings. The standard InChI is InChI=1S/C22H28ClN3O2S/c1-4-26(5-2)17-12-10-16(11-13-17)24-22(28)20(14-15-29-3)25-21(27)18-8-6-7-9-19(18)23/h6-13,20H,4-5,14-15H2,1-3H3,(H,24,28)(H,25,27). The van der Waals surface area contributed by atoms with Gasteiger partial charge >= 0.3 is 0 Å². The Morgan fingerprint density at radius 3 is 2.31 bits per heavy atom. The average Bonchev–Trinajstić information content (AvgIpc) is 2.73. The first kappa shape index (κ1) is 23.1. The molecule has 29 heavy (non-hydrogen) atoms. The van der Waals surface area contributed by atoms with Gasteiger partial charge in [-0.1, -0.05) is 23.7 Å². The van der Waals surface area contributed by atoms with Gasteiger partial charge in [0.1, 0.15) is 6.04 Å². The Morgan fingerprint density at radius 1 is 1.07 bits per heavy atom. The quantitative estimate of drug-likeness (QED) is 0.571. The molecule has 7 heteroatoms. The van der Waals surface area contributed by atoms with Gasteiger partial charge in [0, 0.05) is 24.5 Å². The SMILES string of the molecule is CCN(CC)c1ccc(NC(=O)C(CCSC)NC(=O)c2ccccc2Cl)cc1. The lowest BCUT2D eigenvalue weighted by molar-refractivity contribution is -0.118. The third kappa shape index (κ3) is 6.68.